The van der Waals surface area contributed by atoms with Crippen LogP contribution in [0.15, 0.2) is 18.2 Å². The summed E-state index contributed by atoms with van der Waals surface area (Å²) in [6.07, 6.45) is -26.8. The summed E-state index contributed by atoms with van der Waals surface area (Å²) in [5, 5.41) is 0.611. The Morgan fingerprint density at radius 1 is 0.821 bits per heavy atom. The number of benzene rings is 1. The van der Waals surface area contributed by atoms with Gasteiger partial charge in [0.2, 0.25) is 0 Å². The van der Waals surface area contributed by atoms with Crippen molar-refractivity contribution in [3.8, 4) is 5.75 Å². The van der Waals surface area contributed by atoms with Gasteiger partial charge in [-0.2, -0.15) is 52.7 Å². The minimum atomic E-state index is -7.22. The topological polar surface area (TPSA) is 38.3 Å². The molecule has 28 heavy (non-hydrogen) atoms. The fourth-order valence-electron chi connectivity index (χ4n) is 2.07. The molecule has 0 aliphatic carbocycles. The molecule has 0 heterocycles. The molecular weight excluding hydrogens is 430 g/mol. The zero-order chi connectivity index (χ0) is 22.3. The van der Waals surface area contributed by atoms with Gasteiger partial charge in [0.1, 0.15) is 5.75 Å². The smallest absolute Gasteiger partial charge is 0.421 e. The van der Waals surface area contributed by atoms with Crippen molar-refractivity contribution < 1.29 is 62.2 Å². The van der Waals surface area contributed by atoms with Crippen LogP contribution >= 0.6 is 0 Å². The number of carbonyl (C=O) groups is 1. The predicted molar refractivity (Wildman–Crippen MR) is 67.2 cm³/mol. The molecule has 1 rings (SSSR count). The molecule has 1 N–H and O–H groups in total. The van der Waals surface area contributed by atoms with E-state index in [4.69, 9.17) is 0 Å². The molecule has 0 fully saturated rings. The zero-order valence-electron chi connectivity index (χ0n) is 13.1. The molecule has 0 aromatic heterocycles. The third-order valence-corrected chi connectivity index (χ3v) is 3.39. The average molecular weight is 437 g/mol. The highest BCUT2D eigenvalue weighted by Gasteiger charge is 2.88. The molecule has 0 unspecified atom stereocenters. The maximum absolute atomic E-state index is 12.9. The van der Waals surface area contributed by atoms with Gasteiger partial charge >= 0.3 is 30.1 Å². The zero-order valence-corrected chi connectivity index (χ0v) is 13.1. The molecule has 0 radical (unpaired) electrons. The Labute approximate surface area is 147 Å². The second-order valence-electron chi connectivity index (χ2n) is 5.11. The number of carbonyl (C=O) groups excluding carboxylic acids is 1. The normalized spacial score (nSPS) is 14.0. The summed E-state index contributed by atoms with van der Waals surface area (Å²) < 4.78 is 158. The van der Waals surface area contributed by atoms with Gasteiger partial charge in [0.15, 0.2) is 0 Å². The van der Waals surface area contributed by atoms with Gasteiger partial charge in [-0.1, -0.05) is 0 Å². The van der Waals surface area contributed by atoms with Gasteiger partial charge in [-0.3, -0.25) is 4.79 Å². The van der Waals surface area contributed by atoms with Crippen molar-refractivity contribution in [3.05, 3.63) is 23.8 Å². The molecule has 0 atom stereocenters. The average Bonchev–Trinajstić information content (AvgIpc) is 2.41. The molecule has 0 aliphatic heterocycles. The van der Waals surface area contributed by atoms with Crippen molar-refractivity contribution >= 4 is 11.6 Å². The number of alkyl halides is 12. The Bertz CT molecular complexity index is 693. The molecule has 0 saturated heterocycles. The van der Waals surface area contributed by atoms with Gasteiger partial charge in [0.05, 0.1) is 18.4 Å². The van der Waals surface area contributed by atoms with E-state index < -0.39 is 53.0 Å². The fourth-order valence-corrected chi connectivity index (χ4v) is 2.07. The molecule has 1 amide bonds. The first kappa shape index (κ1) is 23.7. The highest BCUT2D eigenvalue weighted by Crippen LogP contribution is 2.60. The summed E-state index contributed by atoms with van der Waals surface area (Å²) >= 11 is 0. The third kappa shape index (κ3) is 3.92. The van der Waals surface area contributed by atoms with Crippen molar-refractivity contribution in [1.29, 1.82) is 0 Å². The Morgan fingerprint density at radius 2 is 1.25 bits per heavy atom. The SMILES string of the molecule is COc1ccc(C(F)(F)F)cc1NC(=O)C(C(F)(F)F)(C(F)(F)F)C(F)(F)F. The highest BCUT2D eigenvalue weighted by molar-refractivity contribution is 5.98. The van der Waals surface area contributed by atoms with Crippen molar-refractivity contribution in [1.82, 2.24) is 0 Å². The third-order valence-electron chi connectivity index (χ3n) is 3.39. The van der Waals surface area contributed by atoms with E-state index in [1.165, 1.54) is 0 Å². The lowest BCUT2D eigenvalue weighted by Gasteiger charge is -2.37. The quantitative estimate of drug-likeness (QED) is 0.650. The molecule has 160 valence electrons. The van der Waals surface area contributed by atoms with Crippen LogP contribution in [0.4, 0.5) is 58.4 Å². The summed E-state index contributed by atoms with van der Waals surface area (Å²) in [6, 6.07) is 0.485. The van der Waals surface area contributed by atoms with Crippen LogP contribution in [0.1, 0.15) is 5.56 Å². The maximum Gasteiger partial charge on any atom is 0.421 e. The summed E-state index contributed by atoms with van der Waals surface area (Å²) in [7, 11) is 0.697. The summed E-state index contributed by atoms with van der Waals surface area (Å²) in [4.78, 5) is 11.6. The largest absolute Gasteiger partial charge is 0.495 e. The van der Waals surface area contributed by atoms with Gasteiger partial charge < -0.3 is 10.1 Å². The van der Waals surface area contributed by atoms with E-state index in [-0.39, 0.29) is 12.1 Å². The second-order valence-corrected chi connectivity index (χ2v) is 5.11. The number of halogens is 12. The molecule has 3 nitrogen and oxygen atoms in total. The van der Waals surface area contributed by atoms with Gasteiger partial charge in [0.25, 0.3) is 5.91 Å². The molecule has 0 spiro atoms. The monoisotopic (exact) mass is 437 g/mol. The number of amides is 1. The Kier molecular flexibility index (Phi) is 5.85. The van der Waals surface area contributed by atoms with Gasteiger partial charge in [-0.05, 0) is 18.2 Å². The molecule has 15 heteroatoms. The molecule has 0 aliphatic rings. The van der Waals surface area contributed by atoms with E-state index in [2.05, 4.69) is 4.74 Å². The van der Waals surface area contributed by atoms with Crippen LogP contribution in [0.5, 0.6) is 5.75 Å². The fraction of sp³-hybridized carbons (Fsp3) is 0.462. The number of nitrogens with one attached hydrogen (secondary N) is 1. The van der Waals surface area contributed by atoms with E-state index in [1.807, 2.05) is 0 Å². The number of ether oxygens (including phenoxy) is 1. The van der Waals surface area contributed by atoms with Crippen molar-refractivity contribution in [2.24, 2.45) is 5.41 Å². The standard InChI is InChI=1S/C13H7F12NO2/c1-28-7-3-2-5(10(14,15)16)4-6(7)26-8(27)9(11(17,18)19,12(20,21)22)13(23,24)25/h2-4H,1H3,(H,26,27). The minimum Gasteiger partial charge on any atom is -0.495 e. The van der Waals surface area contributed by atoms with E-state index in [1.54, 1.807) is 0 Å². The lowest BCUT2D eigenvalue weighted by atomic mass is 9.84. The number of hydrogen-bond acceptors (Lipinski definition) is 2. The Morgan fingerprint density at radius 3 is 1.57 bits per heavy atom. The summed E-state index contributed by atoms with van der Waals surface area (Å²) in [5.41, 5.74) is -10.1. The predicted octanol–water partition coefficient (Wildman–Crippen LogP) is 5.33. The van der Waals surface area contributed by atoms with E-state index in [0.29, 0.717) is 18.5 Å². The van der Waals surface area contributed by atoms with Crippen molar-refractivity contribution in [2.75, 3.05) is 12.4 Å². The van der Waals surface area contributed by atoms with Gasteiger partial charge in [-0.25, -0.2) is 0 Å². The van der Waals surface area contributed by atoms with Crippen LogP contribution in [-0.2, 0) is 11.0 Å². The number of methoxy groups -OCH3 is 1. The molecular formula is C13H7F12NO2. The molecule has 1 aromatic rings. The van der Waals surface area contributed by atoms with Crippen LogP contribution < -0.4 is 10.1 Å². The Balaban J connectivity index is 3.66. The number of anilines is 1. The van der Waals surface area contributed by atoms with Crippen LogP contribution in [0, 0.1) is 5.41 Å². The van der Waals surface area contributed by atoms with Gasteiger partial charge in [0, 0.05) is 0 Å². The lowest BCUT2D eigenvalue weighted by molar-refractivity contribution is -0.405. The highest BCUT2D eigenvalue weighted by atomic mass is 19.4. The minimum absolute atomic E-state index is 0.176. The first-order valence-electron chi connectivity index (χ1n) is 6.57. The first-order valence-corrected chi connectivity index (χ1v) is 6.57. The number of rotatable bonds is 3. The first-order chi connectivity index (χ1) is 12.3. The van der Waals surface area contributed by atoms with Crippen LogP contribution in [0.3, 0.4) is 0 Å². The van der Waals surface area contributed by atoms with Crippen LogP contribution in [-0.4, -0.2) is 31.5 Å². The van der Waals surface area contributed by atoms with Gasteiger partial charge in [-0.15, -0.1) is 0 Å². The number of hydrogen-bond donors (Lipinski definition) is 1. The molecule has 0 saturated carbocycles. The van der Waals surface area contributed by atoms with E-state index >= 15 is 0 Å². The van der Waals surface area contributed by atoms with E-state index in [9.17, 15) is 57.5 Å². The lowest BCUT2D eigenvalue weighted by Crippen LogP contribution is -2.65. The molecule has 0 bridgehead atoms. The van der Waals surface area contributed by atoms with E-state index in [0.717, 1.165) is 0 Å². The van der Waals surface area contributed by atoms with Crippen molar-refractivity contribution in [2.45, 2.75) is 24.7 Å². The summed E-state index contributed by atoms with van der Waals surface area (Å²) in [5.74, 6) is -4.61. The summed E-state index contributed by atoms with van der Waals surface area (Å²) in [6.45, 7) is 0. The molecule has 1 aromatic carbocycles. The maximum atomic E-state index is 12.9. The Hall–Kier alpha value is -2.35. The van der Waals surface area contributed by atoms with Crippen molar-refractivity contribution in [3.63, 3.8) is 0 Å². The van der Waals surface area contributed by atoms with Crippen LogP contribution in [0.25, 0.3) is 0 Å². The van der Waals surface area contributed by atoms with Crippen LogP contribution in [0.2, 0.25) is 0 Å². The second kappa shape index (κ2) is 6.92.